The summed E-state index contributed by atoms with van der Waals surface area (Å²) in [7, 11) is 1.75. The van der Waals surface area contributed by atoms with Crippen LogP contribution < -0.4 is 5.32 Å². The predicted molar refractivity (Wildman–Crippen MR) is 132 cm³/mol. The average Bonchev–Trinajstić information content (AvgIpc) is 2.79. The van der Waals surface area contributed by atoms with Crippen LogP contribution in [0.1, 0.15) is 50.7 Å². The molecule has 0 spiro atoms. The fourth-order valence-corrected chi connectivity index (χ4v) is 4.00. The van der Waals surface area contributed by atoms with Gasteiger partial charge in [-0.1, -0.05) is 30.3 Å². The highest BCUT2D eigenvalue weighted by atomic mass is 127. The molecule has 0 aromatic heterocycles. The van der Waals surface area contributed by atoms with Gasteiger partial charge in [0.2, 0.25) is 0 Å². The van der Waals surface area contributed by atoms with Crippen LogP contribution in [-0.4, -0.2) is 69.6 Å². The molecular weight excluding hydrogens is 493 g/mol. The summed E-state index contributed by atoms with van der Waals surface area (Å²) in [4.78, 5) is 7.22. The molecule has 30 heavy (non-hydrogen) atoms. The molecule has 0 aliphatic carbocycles. The maximum Gasteiger partial charge on any atom is 0.194 e. The first kappa shape index (κ1) is 25.4. The molecule has 7 heteroatoms. The second kappa shape index (κ2) is 14.2. The SMILES string of the molecule is CCNC(=NCC(OC)c1ccccc1)N1CCC(OCC2CCCCO2)CC1.I. The number of likely N-dealkylation sites (tertiary alicyclic amines) is 1. The second-order valence-electron chi connectivity index (χ2n) is 7.84. The molecular formula is C23H38IN3O3. The monoisotopic (exact) mass is 531 g/mol. The van der Waals surface area contributed by atoms with Crippen LogP contribution in [0, 0.1) is 0 Å². The zero-order valence-corrected chi connectivity index (χ0v) is 20.8. The molecule has 2 aliphatic rings. The Bertz CT molecular complexity index is 603. The van der Waals surface area contributed by atoms with Crippen LogP contribution in [0.4, 0.5) is 0 Å². The summed E-state index contributed by atoms with van der Waals surface area (Å²) in [5.41, 5.74) is 1.16. The fourth-order valence-electron chi connectivity index (χ4n) is 4.00. The van der Waals surface area contributed by atoms with Gasteiger partial charge in [-0.05, 0) is 44.6 Å². The van der Waals surface area contributed by atoms with Gasteiger partial charge in [0.1, 0.15) is 6.10 Å². The summed E-state index contributed by atoms with van der Waals surface area (Å²) in [5, 5.41) is 3.44. The molecule has 1 N–H and O–H groups in total. The molecule has 1 aromatic carbocycles. The summed E-state index contributed by atoms with van der Waals surface area (Å²) in [6.45, 7) is 7.14. The van der Waals surface area contributed by atoms with Gasteiger partial charge in [-0.2, -0.15) is 0 Å². The quantitative estimate of drug-likeness (QED) is 0.312. The Morgan fingerprint density at radius 1 is 1.20 bits per heavy atom. The smallest absolute Gasteiger partial charge is 0.194 e. The molecule has 0 radical (unpaired) electrons. The lowest BCUT2D eigenvalue weighted by Gasteiger charge is -2.35. The van der Waals surface area contributed by atoms with E-state index < -0.39 is 0 Å². The highest BCUT2D eigenvalue weighted by molar-refractivity contribution is 14.0. The molecule has 2 unspecified atom stereocenters. The van der Waals surface area contributed by atoms with Crippen LogP contribution in [0.25, 0.3) is 0 Å². The lowest BCUT2D eigenvalue weighted by molar-refractivity contribution is -0.0721. The number of aliphatic imine (C=N–C) groups is 1. The first-order valence-corrected chi connectivity index (χ1v) is 11.1. The molecule has 2 saturated heterocycles. The van der Waals surface area contributed by atoms with Crippen molar-refractivity contribution in [1.82, 2.24) is 10.2 Å². The minimum Gasteiger partial charge on any atom is -0.376 e. The van der Waals surface area contributed by atoms with E-state index in [-0.39, 0.29) is 30.1 Å². The summed E-state index contributed by atoms with van der Waals surface area (Å²) in [5.74, 6) is 0.972. The zero-order chi connectivity index (χ0) is 20.3. The summed E-state index contributed by atoms with van der Waals surface area (Å²) in [6, 6.07) is 10.3. The normalized spacial score (nSPS) is 21.7. The van der Waals surface area contributed by atoms with Crippen LogP contribution in [0.2, 0.25) is 0 Å². The fraction of sp³-hybridized carbons (Fsp3) is 0.696. The van der Waals surface area contributed by atoms with E-state index in [9.17, 15) is 0 Å². The molecule has 2 heterocycles. The lowest BCUT2D eigenvalue weighted by atomic mass is 10.1. The Hall–Kier alpha value is -0.900. The minimum absolute atomic E-state index is 0. The third-order valence-corrected chi connectivity index (χ3v) is 5.73. The number of methoxy groups -OCH3 is 1. The van der Waals surface area contributed by atoms with Gasteiger partial charge in [0.25, 0.3) is 0 Å². The van der Waals surface area contributed by atoms with E-state index in [1.165, 1.54) is 12.8 Å². The first-order chi connectivity index (χ1) is 14.3. The number of hydrogen-bond donors (Lipinski definition) is 1. The van der Waals surface area contributed by atoms with Gasteiger partial charge in [0, 0.05) is 33.4 Å². The largest absolute Gasteiger partial charge is 0.376 e. The zero-order valence-electron chi connectivity index (χ0n) is 18.4. The molecule has 1 aromatic rings. The van der Waals surface area contributed by atoms with Crippen LogP contribution >= 0.6 is 24.0 Å². The second-order valence-corrected chi connectivity index (χ2v) is 7.84. The van der Waals surface area contributed by atoms with Gasteiger partial charge in [0.15, 0.2) is 5.96 Å². The van der Waals surface area contributed by atoms with Crippen molar-refractivity contribution in [3.05, 3.63) is 35.9 Å². The van der Waals surface area contributed by atoms with E-state index in [1.54, 1.807) is 7.11 Å². The number of guanidine groups is 1. The maximum atomic E-state index is 6.15. The standard InChI is InChI=1S/C23H37N3O3.HI/c1-3-24-23(25-17-22(27-2)19-9-5-4-6-10-19)26-14-12-20(13-15-26)29-18-21-11-7-8-16-28-21;/h4-6,9-10,20-22H,3,7-8,11-18H2,1-2H3,(H,24,25);1H. The highest BCUT2D eigenvalue weighted by Crippen LogP contribution is 2.19. The van der Waals surface area contributed by atoms with Crippen molar-refractivity contribution in [3.63, 3.8) is 0 Å². The topological polar surface area (TPSA) is 55.3 Å². The predicted octanol–water partition coefficient (Wildman–Crippen LogP) is 4.01. The van der Waals surface area contributed by atoms with Crippen LogP contribution in [0.3, 0.4) is 0 Å². The van der Waals surface area contributed by atoms with Crippen molar-refractivity contribution >= 4 is 29.9 Å². The Morgan fingerprint density at radius 2 is 1.97 bits per heavy atom. The summed E-state index contributed by atoms with van der Waals surface area (Å²) >= 11 is 0. The van der Waals surface area contributed by atoms with E-state index >= 15 is 0 Å². The average molecular weight is 531 g/mol. The molecule has 0 bridgehead atoms. The van der Waals surface area contributed by atoms with Gasteiger partial charge >= 0.3 is 0 Å². The van der Waals surface area contributed by atoms with Crippen molar-refractivity contribution in [3.8, 4) is 0 Å². The first-order valence-electron chi connectivity index (χ1n) is 11.1. The number of benzene rings is 1. The van der Waals surface area contributed by atoms with Crippen LogP contribution in [0.15, 0.2) is 35.3 Å². The Labute approximate surface area is 198 Å². The van der Waals surface area contributed by atoms with E-state index in [0.29, 0.717) is 18.8 Å². The third-order valence-electron chi connectivity index (χ3n) is 5.73. The minimum atomic E-state index is -0.0266. The molecule has 2 atom stereocenters. The van der Waals surface area contributed by atoms with Crippen molar-refractivity contribution in [2.75, 3.05) is 46.5 Å². The van der Waals surface area contributed by atoms with Crippen molar-refractivity contribution < 1.29 is 14.2 Å². The van der Waals surface area contributed by atoms with Gasteiger partial charge in [-0.3, -0.25) is 4.99 Å². The number of nitrogens with one attached hydrogen (secondary N) is 1. The van der Waals surface area contributed by atoms with Crippen molar-refractivity contribution in [2.24, 2.45) is 4.99 Å². The van der Waals surface area contributed by atoms with Crippen LogP contribution in [0.5, 0.6) is 0 Å². The maximum absolute atomic E-state index is 6.15. The third kappa shape index (κ3) is 7.98. The van der Waals surface area contributed by atoms with E-state index in [4.69, 9.17) is 19.2 Å². The number of ether oxygens (including phenoxy) is 3. The van der Waals surface area contributed by atoms with Gasteiger partial charge in [0.05, 0.1) is 25.4 Å². The number of rotatable bonds is 8. The number of piperidine rings is 1. The lowest BCUT2D eigenvalue weighted by Crippen LogP contribution is -2.47. The molecule has 2 aliphatic heterocycles. The summed E-state index contributed by atoms with van der Waals surface area (Å²) < 4.78 is 17.6. The molecule has 170 valence electrons. The highest BCUT2D eigenvalue weighted by Gasteiger charge is 2.24. The van der Waals surface area contributed by atoms with E-state index in [0.717, 1.165) is 63.6 Å². The Balaban J connectivity index is 0.00000320. The van der Waals surface area contributed by atoms with Crippen molar-refractivity contribution in [1.29, 1.82) is 0 Å². The summed E-state index contributed by atoms with van der Waals surface area (Å²) in [6.07, 6.45) is 6.25. The van der Waals surface area contributed by atoms with Gasteiger partial charge in [-0.15, -0.1) is 24.0 Å². The number of hydrogen-bond acceptors (Lipinski definition) is 4. The van der Waals surface area contributed by atoms with E-state index in [2.05, 4.69) is 29.3 Å². The molecule has 0 amide bonds. The molecule has 2 fully saturated rings. The van der Waals surface area contributed by atoms with Crippen molar-refractivity contribution in [2.45, 2.75) is 57.3 Å². The van der Waals surface area contributed by atoms with E-state index in [1.807, 2.05) is 18.2 Å². The number of halogens is 1. The molecule has 3 rings (SSSR count). The van der Waals surface area contributed by atoms with Crippen LogP contribution in [-0.2, 0) is 14.2 Å². The molecule has 6 nitrogen and oxygen atoms in total. The Morgan fingerprint density at radius 3 is 2.60 bits per heavy atom. The van der Waals surface area contributed by atoms with Gasteiger partial charge < -0.3 is 24.4 Å². The number of nitrogens with zero attached hydrogens (tertiary/aromatic N) is 2. The molecule has 0 saturated carbocycles. The Kier molecular flexibility index (Phi) is 12.0. The van der Waals surface area contributed by atoms with Gasteiger partial charge in [-0.25, -0.2) is 0 Å².